The van der Waals surface area contributed by atoms with E-state index in [2.05, 4.69) is 10.4 Å². The van der Waals surface area contributed by atoms with E-state index in [9.17, 15) is 9.59 Å². The van der Waals surface area contributed by atoms with Crippen LogP contribution in [0, 0.1) is 0 Å². The molecule has 0 bridgehead atoms. The van der Waals surface area contributed by atoms with E-state index < -0.39 is 106 Å². The van der Waals surface area contributed by atoms with E-state index in [0.717, 1.165) is 16.5 Å². The predicted octanol–water partition coefficient (Wildman–Crippen LogP) is 1.34. The van der Waals surface area contributed by atoms with Gasteiger partial charge < -0.3 is 9.64 Å². The third kappa shape index (κ3) is 4.40. The van der Waals surface area contributed by atoms with Gasteiger partial charge in [-0.15, -0.1) is 0 Å². The van der Waals surface area contributed by atoms with Crippen molar-refractivity contribution >= 4 is 11.6 Å². The number of piperidine rings is 1. The Bertz CT molecular complexity index is 1410. The summed E-state index contributed by atoms with van der Waals surface area (Å²) in [6.07, 6.45) is -4.08. The summed E-state index contributed by atoms with van der Waals surface area (Å²) in [6, 6.07) is -4.48. The number of nitrogens with zero attached hydrogens (tertiary/aromatic N) is 6. The van der Waals surface area contributed by atoms with Crippen LogP contribution in [0.25, 0.3) is 0 Å². The highest BCUT2D eigenvalue weighted by Gasteiger charge is 2.43. The Morgan fingerprint density at radius 1 is 1.24 bits per heavy atom. The van der Waals surface area contributed by atoms with Crippen LogP contribution in [0.3, 0.4) is 0 Å². The molecule has 1 aliphatic rings. The molecule has 1 amide bonds. The second kappa shape index (κ2) is 9.32. The number of aryl methyl sites for hydroxylation is 2. The van der Waals surface area contributed by atoms with Crippen molar-refractivity contribution in [2.24, 2.45) is 0 Å². The number of hydrogen-bond donors (Lipinski definition) is 0. The van der Waals surface area contributed by atoms with Crippen molar-refractivity contribution in [3.05, 3.63) is 40.7 Å². The standard InChI is InChI=1S/C20H30N6O3/c1-4-18(27)26(17-9-7-6-8-10-17)20(29-3)11-13-23(14-12-20)15-16-25-19(28)24(5-2)21-22-25/h6-10H,4-5,11-16H2,1-3H3/i3D3,4D2,6D,7D,8D,9D,10D,15D2,16D2. The molecule has 9 heteroatoms. The van der Waals surface area contributed by atoms with Crippen LogP contribution in [-0.2, 0) is 22.6 Å². The fraction of sp³-hybridized carbons (Fsp3) is 0.600. The Hall–Kier alpha value is -2.52. The Morgan fingerprint density at radius 2 is 1.93 bits per heavy atom. The number of carbonyl (C=O) groups excluding carboxylic acids is 1. The first kappa shape index (κ1) is 9.53. The van der Waals surface area contributed by atoms with E-state index >= 15 is 0 Å². The monoisotopic (exact) mass is 416 g/mol. The molecule has 0 radical (unpaired) electrons. The van der Waals surface area contributed by atoms with Gasteiger partial charge in [0.05, 0.1) is 20.2 Å². The predicted molar refractivity (Wildman–Crippen MR) is 110 cm³/mol. The minimum atomic E-state index is -3.28. The number of para-hydroxylation sites is 1. The van der Waals surface area contributed by atoms with Crippen molar-refractivity contribution in [2.45, 2.75) is 51.8 Å². The molecule has 0 saturated carbocycles. The maximum Gasteiger partial charge on any atom is 0.363 e. The molecule has 2 aromatic rings. The van der Waals surface area contributed by atoms with Crippen molar-refractivity contribution in [3.8, 4) is 0 Å². The topological polar surface area (TPSA) is 85.5 Å². The van der Waals surface area contributed by atoms with Crippen molar-refractivity contribution in [3.63, 3.8) is 0 Å². The number of carbonyl (C=O) groups is 1. The molecule has 1 saturated heterocycles. The van der Waals surface area contributed by atoms with Crippen molar-refractivity contribution in [1.29, 1.82) is 0 Å². The lowest BCUT2D eigenvalue weighted by atomic mass is 9.96. The molecule has 3 rings (SSSR count). The van der Waals surface area contributed by atoms with E-state index in [0.29, 0.717) is 4.90 Å². The number of ether oxygens (including phenoxy) is 1. The number of aromatic nitrogens is 4. The summed E-state index contributed by atoms with van der Waals surface area (Å²) >= 11 is 0. The summed E-state index contributed by atoms with van der Waals surface area (Å²) in [5, 5.41) is 6.96. The highest BCUT2D eigenvalue weighted by molar-refractivity contribution is 5.94. The van der Waals surface area contributed by atoms with E-state index in [-0.39, 0.29) is 11.2 Å². The fourth-order valence-electron chi connectivity index (χ4n) is 2.96. The summed E-state index contributed by atoms with van der Waals surface area (Å²) in [7, 11) is -3.28. The van der Waals surface area contributed by atoms with E-state index in [4.69, 9.17) is 23.9 Å². The van der Waals surface area contributed by atoms with Gasteiger partial charge in [0, 0.05) is 63.6 Å². The number of amides is 1. The highest BCUT2D eigenvalue weighted by Crippen LogP contribution is 2.34. The maximum absolute atomic E-state index is 13.6. The van der Waals surface area contributed by atoms with Gasteiger partial charge in [-0.1, -0.05) is 25.1 Å². The molecule has 2 heterocycles. The third-order valence-corrected chi connectivity index (χ3v) is 4.52. The van der Waals surface area contributed by atoms with Crippen molar-refractivity contribution in [2.75, 3.05) is 31.5 Å². The number of methoxy groups -OCH3 is 1. The first-order valence-electron chi connectivity index (χ1n) is 15.8. The summed E-state index contributed by atoms with van der Waals surface area (Å²) in [4.78, 5) is 27.4. The zero-order chi connectivity index (χ0) is 33.1. The van der Waals surface area contributed by atoms with Gasteiger partial charge in [0.2, 0.25) is 5.91 Å². The van der Waals surface area contributed by atoms with E-state index in [1.165, 1.54) is 0 Å². The SMILES string of the molecule is [2H]c1c([2H])c([2H])c(N(C(=O)C([2H])([2H])C)C2(OC([2H])([2H])[2H])CCN(C([2H])([2H])C([2H])([2H])n3nnn(CC)c3=O)CC2)c([2H])c1[2H]. The Labute approximate surface area is 190 Å². The normalized spacial score (nSPS) is 25.6. The summed E-state index contributed by atoms with van der Waals surface area (Å²) in [6.45, 7) is -4.84. The molecule has 9 nitrogen and oxygen atoms in total. The summed E-state index contributed by atoms with van der Waals surface area (Å²) in [5.74, 6) is -1.50. The number of likely N-dealkylation sites (tertiary alicyclic amines) is 1. The van der Waals surface area contributed by atoms with Gasteiger partial charge in [0.1, 0.15) is 5.72 Å². The average molecular weight is 417 g/mol. The summed E-state index contributed by atoms with van der Waals surface area (Å²) < 4.78 is 121. The van der Waals surface area contributed by atoms with Gasteiger partial charge in [0.15, 0.2) is 0 Å². The number of anilines is 1. The van der Waals surface area contributed by atoms with Gasteiger partial charge in [-0.2, -0.15) is 9.36 Å². The third-order valence-electron chi connectivity index (χ3n) is 4.52. The van der Waals surface area contributed by atoms with Crippen LogP contribution in [0.5, 0.6) is 0 Å². The first-order chi connectivity index (χ1) is 19.4. The zero-order valence-corrected chi connectivity index (χ0v) is 15.9. The molecule has 1 aromatic carbocycles. The minimum Gasteiger partial charge on any atom is -0.358 e. The Morgan fingerprint density at radius 3 is 2.52 bits per heavy atom. The van der Waals surface area contributed by atoms with Gasteiger partial charge >= 0.3 is 5.69 Å². The van der Waals surface area contributed by atoms with Crippen LogP contribution in [0.15, 0.2) is 35.0 Å². The lowest BCUT2D eigenvalue weighted by molar-refractivity contribution is -0.128. The second-order valence-corrected chi connectivity index (χ2v) is 6.11. The maximum atomic E-state index is 13.6. The number of rotatable bonds is 8. The van der Waals surface area contributed by atoms with Crippen molar-refractivity contribution < 1.29 is 28.7 Å². The van der Waals surface area contributed by atoms with Crippen LogP contribution in [-0.4, -0.2) is 62.9 Å². The molecule has 158 valence electrons. The van der Waals surface area contributed by atoms with Gasteiger partial charge in [-0.25, -0.2) is 4.79 Å². The van der Waals surface area contributed by atoms with Crippen LogP contribution in [0.4, 0.5) is 5.69 Å². The van der Waals surface area contributed by atoms with Crippen LogP contribution >= 0.6 is 0 Å². The average Bonchev–Trinajstić information content (AvgIpc) is 3.28. The molecule has 1 fully saturated rings. The minimum absolute atomic E-state index is 0.0304. The molecule has 0 N–H and O–H groups in total. The lowest BCUT2D eigenvalue weighted by Gasteiger charge is -2.47. The molecular weight excluding hydrogens is 372 g/mol. The largest absolute Gasteiger partial charge is 0.363 e. The fourth-order valence-corrected chi connectivity index (χ4v) is 2.96. The highest BCUT2D eigenvalue weighted by atomic mass is 16.5. The number of benzene rings is 1. The van der Waals surface area contributed by atoms with E-state index in [1.54, 1.807) is 6.92 Å². The molecule has 0 aliphatic carbocycles. The van der Waals surface area contributed by atoms with Gasteiger partial charge in [-0.3, -0.25) is 9.69 Å². The first-order valence-corrected chi connectivity index (χ1v) is 8.84. The van der Waals surface area contributed by atoms with E-state index in [1.807, 2.05) is 0 Å². The Balaban J connectivity index is 2.18. The van der Waals surface area contributed by atoms with Gasteiger partial charge in [-0.05, 0) is 29.4 Å². The quantitative estimate of drug-likeness (QED) is 0.604. The molecule has 1 aromatic heterocycles. The molecule has 1 aliphatic heterocycles. The summed E-state index contributed by atoms with van der Waals surface area (Å²) in [5.41, 5.74) is -4.29. The van der Waals surface area contributed by atoms with Crippen LogP contribution in [0.1, 0.15) is 52.3 Å². The molecular formula is C20H30N6O3. The molecule has 0 atom stereocenters. The number of tetrazole rings is 1. The smallest absolute Gasteiger partial charge is 0.358 e. The van der Waals surface area contributed by atoms with Crippen LogP contribution in [0.2, 0.25) is 0 Å². The lowest BCUT2D eigenvalue weighted by Crippen LogP contribution is -2.59. The number of hydrogen-bond acceptors (Lipinski definition) is 6. The molecule has 0 spiro atoms. The van der Waals surface area contributed by atoms with Gasteiger partial charge in [0.25, 0.3) is 0 Å². The second-order valence-electron chi connectivity index (χ2n) is 6.11. The van der Waals surface area contributed by atoms with Crippen LogP contribution < -0.4 is 10.6 Å². The Kier molecular flexibility index (Phi) is 3.06. The molecule has 29 heavy (non-hydrogen) atoms. The zero-order valence-electron chi connectivity index (χ0n) is 29.9. The van der Waals surface area contributed by atoms with Crippen molar-refractivity contribution in [1.82, 2.24) is 24.7 Å². The molecule has 0 unspecified atom stereocenters.